The highest BCUT2D eigenvalue weighted by Gasteiger charge is 2.33. The summed E-state index contributed by atoms with van der Waals surface area (Å²) in [6.07, 6.45) is 0.568. The predicted molar refractivity (Wildman–Crippen MR) is 67.2 cm³/mol. The fourth-order valence-electron chi connectivity index (χ4n) is 2.03. The number of rotatable bonds is 3. The number of hydrogen-bond donors (Lipinski definition) is 2. The SMILES string of the molecule is Cc1ccc(N2CCC(NC(=O)CO)C2=O)cc1. The molecule has 0 aromatic heterocycles. The van der Waals surface area contributed by atoms with E-state index in [1.165, 1.54) is 0 Å². The van der Waals surface area contributed by atoms with Gasteiger partial charge in [0.05, 0.1) is 0 Å². The van der Waals surface area contributed by atoms with Crippen LogP contribution in [0.2, 0.25) is 0 Å². The molecule has 0 bridgehead atoms. The van der Waals surface area contributed by atoms with E-state index in [0.717, 1.165) is 11.3 Å². The molecule has 1 unspecified atom stereocenters. The second-order valence-corrected chi connectivity index (χ2v) is 4.39. The van der Waals surface area contributed by atoms with Crippen LogP contribution >= 0.6 is 0 Å². The number of carbonyl (C=O) groups is 2. The quantitative estimate of drug-likeness (QED) is 0.803. The summed E-state index contributed by atoms with van der Waals surface area (Å²) in [5, 5.41) is 11.2. The summed E-state index contributed by atoms with van der Waals surface area (Å²) < 4.78 is 0. The van der Waals surface area contributed by atoms with Crippen molar-refractivity contribution in [3.05, 3.63) is 29.8 Å². The molecule has 2 rings (SSSR count). The molecule has 1 aromatic carbocycles. The van der Waals surface area contributed by atoms with Crippen LogP contribution in [0.5, 0.6) is 0 Å². The van der Waals surface area contributed by atoms with Crippen molar-refractivity contribution < 1.29 is 14.7 Å². The van der Waals surface area contributed by atoms with Gasteiger partial charge in [0.1, 0.15) is 12.6 Å². The van der Waals surface area contributed by atoms with Crippen LogP contribution in [0.4, 0.5) is 5.69 Å². The molecule has 18 heavy (non-hydrogen) atoms. The van der Waals surface area contributed by atoms with Crippen molar-refractivity contribution in [1.82, 2.24) is 5.32 Å². The molecular formula is C13H16N2O3. The van der Waals surface area contributed by atoms with Gasteiger partial charge in [0, 0.05) is 12.2 Å². The Hall–Kier alpha value is -1.88. The fraction of sp³-hybridized carbons (Fsp3) is 0.385. The Kier molecular flexibility index (Phi) is 3.62. The molecule has 5 heteroatoms. The van der Waals surface area contributed by atoms with E-state index in [1.54, 1.807) is 4.90 Å². The van der Waals surface area contributed by atoms with Crippen LogP contribution in [-0.2, 0) is 9.59 Å². The van der Waals surface area contributed by atoms with Crippen LogP contribution in [0.3, 0.4) is 0 Å². The summed E-state index contributed by atoms with van der Waals surface area (Å²) in [5.74, 6) is -0.639. The first-order valence-electron chi connectivity index (χ1n) is 5.90. The van der Waals surface area contributed by atoms with E-state index in [-0.39, 0.29) is 5.91 Å². The number of aliphatic hydroxyl groups excluding tert-OH is 1. The molecule has 1 heterocycles. The summed E-state index contributed by atoms with van der Waals surface area (Å²) in [6.45, 7) is 1.98. The molecule has 1 aliphatic rings. The van der Waals surface area contributed by atoms with Crippen molar-refractivity contribution in [3.63, 3.8) is 0 Å². The molecule has 1 atom stereocenters. The number of nitrogens with zero attached hydrogens (tertiary/aromatic N) is 1. The third-order valence-electron chi connectivity index (χ3n) is 3.03. The summed E-state index contributed by atoms with van der Waals surface area (Å²) in [4.78, 5) is 24.8. The highest BCUT2D eigenvalue weighted by molar-refractivity contribution is 6.01. The average Bonchev–Trinajstić information content (AvgIpc) is 2.72. The van der Waals surface area contributed by atoms with Gasteiger partial charge in [0.15, 0.2) is 0 Å². The van der Waals surface area contributed by atoms with Gasteiger partial charge in [-0.15, -0.1) is 0 Å². The minimum absolute atomic E-state index is 0.124. The van der Waals surface area contributed by atoms with Crippen molar-refractivity contribution in [2.45, 2.75) is 19.4 Å². The molecule has 96 valence electrons. The van der Waals surface area contributed by atoms with Crippen LogP contribution in [0.25, 0.3) is 0 Å². The van der Waals surface area contributed by atoms with Gasteiger partial charge >= 0.3 is 0 Å². The monoisotopic (exact) mass is 248 g/mol. The van der Waals surface area contributed by atoms with E-state index >= 15 is 0 Å². The standard InChI is InChI=1S/C13H16N2O3/c1-9-2-4-10(5-3-9)15-7-6-11(13(15)18)14-12(17)8-16/h2-5,11,16H,6-8H2,1H3,(H,14,17). The Morgan fingerprint density at radius 1 is 1.44 bits per heavy atom. The van der Waals surface area contributed by atoms with E-state index in [2.05, 4.69) is 5.32 Å². The lowest BCUT2D eigenvalue weighted by atomic mass is 10.2. The number of nitrogens with one attached hydrogen (secondary N) is 1. The minimum Gasteiger partial charge on any atom is -0.387 e. The Labute approximate surface area is 105 Å². The molecule has 0 radical (unpaired) electrons. The number of anilines is 1. The second kappa shape index (κ2) is 5.18. The maximum absolute atomic E-state index is 12.1. The number of benzene rings is 1. The van der Waals surface area contributed by atoms with E-state index in [0.29, 0.717) is 13.0 Å². The first-order valence-corrected chi connectivity index (χ1v) is 5.90. The molecule has 0 aliphatic carbocycles. The predicted octanol–water partition coefficient (Wildman–Crippen LogP) is 0.209. The van der Waals surface area contributed by atoms with Gasteiger partial charge in [-0.2, -0.15) is 0 Å². The zero-order valence-electron chi connectivity index (χ0n) is 10.2. The summed E-state index contributed by atoms with van der Waals surface area (Å²) in [7, 11) is 0. The van der Waals surface area contributed by atoms with Gasteiger partial charge < -0.3 is 15.3 Å². The summed E-state index contributed by atoms with van der Waals surface area (Å²) >= 11 is 0. The smallest absolute Gasteiger partial charge is 0.249 e. The third-order valence-corrected chi connectivity index (χ3v) is 3.03. The summed E-state index contributed by atoms with van der Waals surface area (Å²) in [6, 6.07) is 7.16. The van der Waals surface area contributed by atoms with E-state index < -0.39 is 18.6 Å². The van der Waals surface area contributed by atoms with Gasteiger partial charge in [-0.25, -0.2) is 0 Å². The Bertz CT molecular complexity index is 456. The lowest BCUT2D eigenvalue weighted by Gasteiger charge is -2.17. The van der Waals surface area contributed by atoms with Crippen molar-refractivity contribution in [1.29, 1.82) is 0 Å². The maximum Gasteiger partial charge on any atom is 0.249 e. The summed E-state index contributed by atoms with van der Waals surface area (Å²) in [5.41, 5.74) is 1.97. The zero-order chi connectivity index (χ0) is 13.1. The number of aryl methyl sites for hydroxylation is 1. The molecule has 0 spiro atoms. The minimum atomic E-state index is -0.589. The molecule has 2 N–H and O–H groups in total. The van der Waals surface area contributed by atoms with Crippen molar-refractivity contribution in [3.8, 4) is 0 Å². The molecule has 2 amide bonds. The molecule has 5 nitrogen and oxygen atoms in total. The molecule has 1 fully saturated rings. The van der Waals surface area contributed by atoms with E-state index in [1.807, 2.05) is 31.2 Å². The van der Waals surface area contributed by atoms with Gasteiger partial charge in [0.25, 0.3) is 0 Å². The van der Waals surface area contributed by atoms with E-state index in [4.69, 9.17) is 5.11 Å². The maximum atomic E-state index is 12.1. The van der Waals surface area contributed by atoms with E-state index in [9.17, 15) is 9.59 Å². The topological polar surface area (TPSA) is 69.6 Å². The van der Waals surface area contributed by atoms with Crippen LogP contribution in [0.15, 0.2) is 24.3 Å². The molecule has 0 saturated carbocycles. The highest BCUT2D eigenvalue weighted by atomic mass is 16.3. The lowest BCUT2D eigenvalue weighted by Crippen LogP contribution is -2.42. The zero-order valence-corrected chi connectivity index (χ0v) is 10.2. The van der Waals surface area contributed by atoms with Crippen molar-refractivity contribution in [2.24, 2.45) is 0 Å². The van der Waals surface area contributed by atoms with Crippen LogP contribution in [-0.4, -0.2) is 36.1 Å². The van der Waals surface area contributed by atoms with Crippen LogP contribution in [0.1, 0.15) is 12.0 Å². The van der Waals surface area contributed by atoms with Crippen LogP contribution in [0, 0.1) is 6.92 Å². The average molecular weight is 248 g/mol. The Balaban J connectivity index is 2.07. The highest BCUT2D eigenvalue weighted by Crippen LogP contribution is 2.21. The normalized spacial score (nSPS) is 19.1. The van der Waals surface area contributed by atoms with Crippen molar-refractivity contribution >= 4 is 17.5 Å². The Morgan fingerprint density at radius 2 is 2.11 bits per heavy atom. The molecule has 1 saturated heterocycles. The van der Waals surface area contributed by atoms with Gasteiger partial charge in [-0.3, -0.25) is 9.59 Å². The van der Waals surface area contributed by atoms with Crippen LogP contribution < -0.4 is 10.2 Å². The van der Waals surface area contributed by atoms with Gasteiger partial charge in [-0.05, 0) is 25.5 Å². The van der Waals surface area contributed by atoms with Gasteiger partial charge in [-0.1, -0.05) is 17.7 Å². The Morgan fingerprint density at radius 3 is 2.72 bits per heavy atom. The number of hydrogen-bond acceptors (Lipinski definition) is 3. The number of carbonyl (C=O) groups excluding carboxylic acids is 2. The third kappa shape index (κ3) is 2.51. The lowest BCUT2D eigenvalue weighted by molar-refractivity contribution is -0.128. The molecule has 1 aliphatic heterocycles. The first-order chi connectivity index (χ1) is 8.61. The van der Waals surface area contributed by atoms with Gasteiger partial charge in [0.2, 0.25) is 11.8 Å². The number of amides is 2. The fourth-order valence-corrected chi connectivity index (χ4v) is 2.03. The largest absolute Gasteiger partial charge is 0.387 e. The molecule has 1 aromatic rings. The second-order valence-electron chi connectivity index (χ2n) is 4.39. The first kappa shape index (κ1) is 12.6. The molecular weight excluding hydrogens is 232 g/mol. The van der Waals surface area contributed by atoms with Crippen molar-refractivity contribution in [2.75, 3.05) is 18.1 Å². The number of aliphatic hydroxyl groups is 1.